The van der Waals surface area contributed by atoms with Gasteiger partial charge in [-0.25, -0.2) is 8.78 Å². The number of hydrogen-bond acceptors (Lipinski definition) is 1. The largest absolute Gasteiger partial charge is 0.485 e. The van der Waals surface area contributed by atoms with Crippen molar-refractivity contribution >= 4 is 5.57 Å². The van der Waals surface area contributed by atoms with E-state index in [1.807, 2.05) is 13.0 Å². The molecule has 108 valence electrons. The lowest BCUT2D eigenvalue weighted by Crippen LogP contribution is -2.11. The third-order valence-electron chi connectivity index (χ3n) is 3.91. The number of ether oxygens (including phenoxy) is 1. The molecule has 0 aliphatic carbocycles. The maximum absolute atomic E-state index is 14.5. The molecule has 0 saturated heterocycles. The molecule has 0 atom stereocenters. The van der Waals surface area contributed by atoms with Crippen LogP contribution in [0.3, 0.4) is 0 Å². The number of allylic oxidation sites excluding steroid dienone is 1. The molecule has 2 aromatic rings. The van der Waals surface area contributed by atoms with Gasteiger partial charge in [0.15, 0.2) is 11.6 Å². The highest BCUT2D eigenvalue weighted by Gasteiger charge is 2.25. The van der Waals surface area contributed by atoms with Crippen molar-refractivity contribution in [2.75, 3.05) is 0 Å². The molecule has 1 aliphatic heterocycles. The first-order chi connectivity index (χ1) is 10.0. The zero-order valence-corrected chi connectivity index (χ0v) is 12.1. The Bertz CT molecular complexity index is 747. The fourth-order valence-corrected chi connectivity index (χ4v) is 2.71. The van der Waals surface area contributed by atoms with Gasteiger partial charge < -0.3 is 4.74 Å². The summed E-state index contributed by atoms with van der Waals surface area (Å²) in [6.07, 6.45) is 0.596. The van der Waals surface area contributed by atoms with Gasteiger partial charge in [0, 0.05) is 16.7 Å². The Morgan fingerprint density at radius 2 is 1.86 bits per heavy atom. The first-order valence-corrected chi connectivity index (χ1v) is 6.96. The van der Waals surface area contributed by atoms with Crippen molar-refractivity contribution in [1.29, 1.82) is 0 Å². The van der Waals surface area contributed by atoms with E-state index in [1.54, 1.807) is 25.1 Å². The van der Waals surface area contributed by atoms with Crippen molar-refractivity contribution < 1.29 is 13.5 Å². The van der Waals surface area contributed by atoms with Gasteiger partial charge in [-0.1, -0.05) is 37.8 Å². The monoisotopic (exact) mass is 286 g/mol. The quantitative estimate of drug-likeness (QED) is 0.744. The average Bonchev–Trinajstić information content (AvgIpc) is 2.47. The van der Waals surface area contributed by atoms with Crippen LogP contribution in [0.1, 0.15) is 30.5 Å². The van der Waals surface area contributed by atoms with Crippen molar-refractivity contribution in [3.05, 3.63) is 59.2 Å². The minimum absolute atomic E-state index is 0.0410. The number of rotatable bonds is 2. The second-order valence-corrected chi connectivity index (χ2v) is 5.29. The van der Waals surface area contributed by atoms with Gasteiger partial charge in [-0.15, -0.1) is 0 Å². The molecular formula is C18H16F2O. The molecule has 3 rings (SSSR count). The summed E-state index contributed by atoms with van der Waals surface area (Å²) in [5, 5.41) is 0. The Balaban J connectivity index is 2.23. The van der Waals surface area contributed by atoms with E-state index in [9.17, 15) is 8.78 Å². The van der Waals surface area contributed by atoms with E-state index in [0.717, 1.165) is 0 Å². The van der Waals surface area contributed by atoms with Gasteiger partial charge in [0.1, 0.15) is 12.4 Å². The van der Waals surface area contributed by atoms with Crippen LogP contribution in [0.15, 0.2) is 30.8 Å². The molecule has 0 unspecified atom stereocenters. The van der Waals surface area contributed by atoms with E-state index in [2.05, 4.69) is 6.58 Å². The van der Waals surface area contributed by atoms with Crippen LogP contribution in [0, 0.1) is 11.6 Å². The summed E-state index contributed by atoms with van der Waals surface area (Å²) in [6.45, 7) is 7.47. The summed E-state index contributed by atoms with van der Waals surface area (Å²) in [5.41, 5.74) is 3.52. The first kappa shape index (κ1) is 13.8. The van der Waals surface area contributed by atoms with Crippen LogP contribution in [0.5, 0.6) is 5.75 Å². The number of halogens is 2. The summed E-state index contributed by atoms with van der Waals surface area (Å²) in [5.74, 6) is -0.444. The minimum Gasteiger partial charge on any atom is -0.485 e. The highest BCUT2D eigenvalue weighted by molar-refractivity contribution is 5.78. The number of fused-ring (bicyclic) bond motifs is 3. The van der Waals surface area contributed by atoms with Crippen LogP contribution in [0.25, 0.3) is 16.7 Å². The van der Waals surface area contributed by atoms with Crippen LogP contribution in [0.4, 0.5) is 8.78 Å². The molecule has 1 nitrogen and oxygen atoms in total. The number of hydrogen-bond donors (Lipinski definition) is 0. The summed E-state index contributed by atoms with van der Waals surface area (Å²) in [7, 11) is 0. The van der Waals surface area contributed by atoms with Gasteiger partial charge in [0.2, 0.25) is 0 Å². The van der Waals surface area contributed by atoms with Crippen molar-refractivity contribution in [3.8, 4) is 16.9 Å². The predicted octanol–water partition coefficient (Wildman–Crippen LogP) is 5.12. The van der Waals surface area contributed by atoms with Crippen molar-refractivity contribution in [2.45, 2.75) is 26.9 Å². The van der Waals surface area contributed by atoms with Crippen LogP contribution < -0.4 is 4.74 Å². The Morgan fingerprint density at radius 1 is 1.14 bits per heavy atom. The molecule has 0 fully saturated rings. The Hall–Kier alpha value is -2.16. The van der Waals surface area contributed by atoms with E-state index >= 15 is 0 Å². The Morgan fingerprint density at radius 3 is 2.52 bits per heavy atom. The normalized spacial score (nSPS) is 12.4. The lowest BCUT2D eigenvalue weighted by Gasteiger charge is -2.23. The third kappa shape index (κ3) is 2.04. The highest BCUT2D eigenvalue weighted by Crippen LogP contribution is 2.42. The highest BCUT2D eigenvalue weighted by atomic mass is 19.1. The molecule has 0 spiro atoms. The zero-order chi connectivity index (χ0) is 15.1. The van der Waals surface area contributed by atoms with E-state index < -0.39 is 0 Å². The average molecular weight is 286 g/mol. The molecule has 0 radical (unpaired) electrons. The van der Waals surface area contributed by atoms with Gasteiger partial charge in [0.25, 0.3) is 0 Å². The van der Waals surface area contributed by atoms with Crippen LogP contribution >= 0.6 is 0 Å². The van der Waals surface area contributed by atoms with Gasteiger partial charge in [0.05, 0.1) is 0 Å². The smallest absolute Gasteiger partial charge is 0.168 e. The lowest BCUT2D eigenvalue weighted by atomic mass is 9.92. The molecule has 0 N–H and O–H groups in total. The van der Waals surface area contributed by atoms with Gasteiger partial charge in [-0.3, -0.25) is 0 Å². The Kier molecular flexibility index (Phi) is 3.28. The Labute approximate surface area is 122 Å². The third-order valence-corrected chi connectivity index (χ3v) is 3.91. The predicted molar refractivity (Wildman–Crippen MR) is 80.2 cm³/mol. The maximum atomic E-state index is 14.5. The van der Waals surface area contributed by atoms with E-state index in [0.29, 0.717) is 39.8 Å². The number of benzene rings is 2. The fraction of sp³-hybridized carbons (Fsp3) is 0.222. The van der Waals surface area contributed by atoms with Gasteiger partial charge in [-0.05, 0) is 30.0 Å². The fourth-order valence-electron chi connectivity index (χ4n) is 2.71. The lowest BCUT2D eigenvalue weighted by molar-refractivity contribution is 0.279. The molecule has 2 aromatic carbocycles. The summed E-state index contributed by atoms with van der Waals surface area (Å²) >= 11 is 0. The van der Waals surface area contributed by atoms with E-state index in [-0.39, 0.29) is 24.0 Å². The second-order valence-electron chi connectivity index (χ2n) is 5.29. The molecule has 0 amide bonds. The maximum Gasteiger partial charge on any atom is 0.168 e. The van der Waals surface area contributed by atoms with E-state index in [1.165, 1.54) is 0 Å². The van der Waals surface area contributed by atoms with Crippen molar-refractivity contribution in [2.24, 2.45) is 0 Å². The van der Waals surface area contributed by atoms with Crippen molar-refractivity contribution in [1.82, 2.24) is 0 Å². The summed E-state index contributed by atoms with van der Waals surface area (Å²) < 4.78 is 34.3. The molecule has 1 heterocycles. The SMILES string of the molecule is C=C(C)c1ccc2c(c1F)COc1c-2ccc(CC)c1F. The molecule has 21 heavy (non-hydrogen) atoms. The minimum atomic E-state index is -0.343. The first-order valence-electron chi connectivity index (χ1n) is 6.96. The zero-order valence-electron chi connectivity index (χ0n) is 12.1. The molecular weight excluding hydrogens is 270 g/mol. The van der Waals surface area contributed by atoms with Crippen LogP contribution in [0.2, 0.25) is 0 Å². The van der Waals surface area contributed by atoms with Crippen LogP contribution in [-0.4, -0.2) is 0 Å². The molecule has 1 aliphatic rings. The van der Waals surface area contributed by atoms with Crippen LogP contribution in [-0.2, 0) is 13.0 Å². The number of aryl methyl sites for hydroxylation is 1. The van der Waals surface area contributed by atoms with Crippen molar-refractivity contribution in [3.63, 3.8) is 0 Å². The van der Waals surface area contributed by atoms with Gasteiger partial charge >= 0.3 is 0 Å². The van der Waals surface area contributed by atoms with E-state index in [4.69, 9.17) is 4.74 Å². The molecule has 3 heteroatoms. The second kappa shape index (κ2) is 4.99. The van der Waals surface area contributed by atoms with Gasteiger partial charge in [-0.2, -0.15) is 0 Å². The molecule has 0 bridgehead atoms. The topological polar surface area (TPSA) is 9.23 Å². The summed E-state index contributed by atoms with van der Waals surface area (Å²) in [4.78, 5) is 0. The molecule has 0 saturated carbocycles. The molecule has 0 aromatic heterocycles. The summed E-state index contributed by atoms with van der Waals surface area (Å²) in [6, 6.07) is 7.04. The standard InChI is InChI=1S/C18H16F2O/c1-4-11-5-6-14-13-8-7-12(10(2)3)17(20)15(13)9-21-18(14)16(11)19/h5-8H,2,4,9H2,1,3H3.